The SMILES string of the molecule is C[C@H](CO)C1O[C@@H]2[C@H]3CC[C@@](C)([C@@H]2O1)C3(C)C. The monoisotopic (exact) mass is 240 g/mol. The highest BCUT2D eigenvalue weighted by atomic mass is 16.7. The zero-order chi connectivity index (χ0) is 12.4. The molecule has 1 unspecified atom stereocenters. The van der Waals surface area contributed by atoms with E-state index >= 15 is 0 Å². The summed E-state index contributed by atoms with van der Waals surface area (Å²) >= 11 is 0. The van der Waals surface area contributed by atoms with E-state index in [0.717, 1.165) is 0 Å². The first-order valence-electron chi connectivity index (χ1n) is 6.83. The summed E-state index contributed by atoms with van der Waals surface area (Å²) in [5, 5.41) is 9.21. The molecule has 2 aliphatic carbocycles. The summed E-state index contributed by atoms with van der Waals surface area (Å²) in [6.45, 7) is 9.20. The number of aliphatic hydroxyl groups excluding tert-OH is 1. The fourth-order valence-electron chi connectivity index (χ4n) is 4.30. The zero-order valence-electron chi connectivity index (χ0n) is 11.3. The standard InChI is InChI=1S/C14H24O3/c1-8(7-15)12-16-10-9-5-6-14(4,11(10)17-12)13(9,2)3/h8-12,15H,5-7H2,1-4H3/t8-,9-,10-,11-,12?,14+/m1/s1. The molecule has 3 rings (SSSR count). The van der Waals surface area contributed by atoms with E-state index in [1.807, 2.05) is 6.92 Å². The molecule has 98 valence electrons. The Morgan fingerprint density at radius 3 is 2.59 bits per heavy atom. The van der Waals surface area contributed by atoms with Gasteiger partial charge in [-0.1, -0.05) is 27.7 Å². The van der Waals surface area contributed by atoms with Crippen molar-refractivity contribution in [1.29, 1.82) is 0 Å². The van der Waals surface area contributed by atoms with Crippen molar-refractivity contribution in [2.75, 3.05) is 6.61 Å². The lowest BCUT2D eigenvalue weighted by atomic mass is 9.70. The molecule has 3 fully saturated rings. The first kappa shape index (κ1) is 11.9. The molecule has 17 heavy (non-hydrogen) atoms. The van der Waals surface area contributed by atoms with Gasteiger partial charge in [-0.2, -0.15) is 0 Å². The fourth-order valence-corrected chi connectivity index (χ4v) is 4.30. The smallest absolute Gasteiger partial charge is 0.163 e. The normalized spacial score (nSPS) is 52.8. The molecule has 0 spiro atoms. The second-order valence-electron chi connectivity index (χ2n) is 6.97. The topological polar surface area (TPSA) is 38.7 Å². The Balaban J connectivity index is 1.85. The third-order valence-electron chi connectivity index (χ3n) is 6.02. The van der Waals surface area contributed by atoms with Gasteiger partial charge in [-0.3, -0.25) is 0 Å². The number of hydrogen-bond donors (Lipinski definition) is 1. The lowest BCUT2D eigenvalue weighted by Crippen LogP contribution is -2.39. The van der Waals surface area contributed by atoms with E-state index in [9.17, 15) is 5.11 Å². The van der Waals surface area contributed by atoms with Crippen LogP contribution in [0.2, 0.25) is 0 Å². The van der Waals surface area contributed by atoms with Crippen LogP contribution >= 0.6 is 0 Å². The largest absolute Gasteiger partial charge is 0.396 e. The van der Waals surface area contributed by atoms with Crippen LogP contribution in [-0.4, -0.2) is 30.2 Å². The molecular weight excluding hydrogens is 216 g/mol. The molecule has 1 aliphatic heterocycles. The van der Waals surface area contributed by atoms with Gasteiger partial charge in [0.25, 0.3) is 0 Å². The van der Waals surface area contributed by atoms with Crippen molar-refractivity contribution in [2.24, 2.45) is 22.7 Å². The van der Waals surface area contributed by atoms with E-state index in [1.165, 1.54) is 12.8 Å². The minimum atomic E-state index is -0.203. The van der Waals surface area contributed by atoms with Crippen molar-refractivity contribution >= 4 is 0 Å². The molecule has 1 N–H and O–H groups in total. The molecule has 0 aromatic rings. The van der Waals surface area contributed by atoms with Gasteiger partial charge < -0.3 is 14.6 Å². The van der Waals surface area contributed by atoms with E-state index < -0.39 is 0 Å². The van der Waals surface area contributed by atoms with E-state index in [1.54, 1.807) is 0 Å². The van der Waals surface area contributed by atoms with Crippen LogP contribution in [0.1, 0.15) is 40.5 Å². The molecule has 2 bridgehead atoms. The molecule has 0 radical (unpaired) electrons. The highest BCUT2D eigenvalue weighted by molar-refractivity contribution is 5.17. The van der Waals surface area contributed by atoms with Crippen molar-refractivity contribution in [3.63, 3.8) is 0 Å². The Hall–Kier alpha value is -0.120. The van der Waals surface area contributed by atoms with E-state index in [4.69, 9.17) is 9.47 Å². The Morgan fingerprint density at radius 2 is 2.00 bits per heavy atom. The summed E-state index contributed by atoms with van der Waals surface area (Å²) in [5.74, 6) is 0.695. The maximum atomic E-state index is 9.21. The van der Waals surface area contributed by atoms with Gasteiger partial charge >= 0.3 is 0 Å². The van der Waals surface area contributed by atoms with Gasteiger partial charge in [0.1, 0.15) is 0 Å². The minimum Gasteiger partial charge on any atom is -0.396 e. The van der Waals surface area contributed by atoms with Gasteiger partial charge in [-0.15, -0.1) is 0 Å². The molecule has 2 saturated carbocycles. The van der Waals surface area contributed by atoms with Gasteiger partial charge in [-0.05, 0) is 24.2 Å². The first-order chi connectivity index (χ1) is 7.91. The molecule has 0 aromatic carbocycles. The van der Waals surface area contributed by atoms with Crippen LogP contribution in [0.25, 0.3) is 0 Å². The van der Waals surface area contributed by atoms with Crippen LogP contribution in [0.4, 0.5) is 0 Å². The molecule has 1 saturated heterocycles. The van der Waals surface area contributed by atoms with Gasteiger partial charge in [0.2, 0.25) is 0 Å². The van der Waals surface area contributed by atoms with Crippen molar-refractivity contribution in [3.8, 4) is 0 Å². The van der Waals surface area contributed by atoms with E-state index in [-0.39, 0.29) is 36.4 Å². The summed E-state index contributed by atoms with van der Waals surface area (Å²) in [6.07, 6.45) is 2.79. The second kappa shape index (κ2) is 3.46. The van der Waals surface area contributed by atoms with Crippen LogP contribution in [0.3, 0.4) is 0 Å². The predicted octanol–water partition coefficient (Wildman–Crippen LogP) is 2.18. The highest BCUT2D eigenvalue weighted by Crippen LogP contribution is 2.68. The zero-order valence-corrected chi connectivity index (χ0v) is 11.3. The molecule has 3 nitrogen and oxygen atoms in total. The summed E-state index contributed by atoms with van der Waals surface area (Å²) in [6, 6.07) is 0. The third-order valence-corrected chi connectivity index (χ3v) is 6.02. The third kappa shape index (κ3) is 1.28. The molecule has 0 amide bonds. The van der Waals surface area contributed by atoms with Gasteiger partial charge in [0, 0.05) is 11.3 Å². The van der Waals surface area contributed by atoms with Gasteiger partial charge in [-0.25, -0.2) is 0 Å². The highest BCUT2D eigenvalue weighted by Gasteiger charge is 2.70. The second-order valence-corrected chi connectivity index (χ2v) is 6.97. The van der Waals surface area contributed by atoms with Crippen LogP contribution in [-0.2, 0) is 9.47 Å². The minimum absolute atomic E-state index is 0.0757. The lowest BCUT2D eigenvalue weighted by Gasteiger charge is -2.38. The average molecular weight is 240 g/mol. The molecule has 6 atom stereocenters. The Morgan fingerprint density at radius 1 is 1.29 bits per heavy atom. The molecule has 1 heterocycles. The van der Waals surface area contributed by atoms with Crippen molar-refractivity contribution < 1.29 is 14.6 Å². The summed E-state index contributed by atoms with van der Waals surface area (Å²) in [4.78, 5) is 0. The lowest BCUT2D eigenvalue weighted by molar-refractivity contribution is -0.144. The number of rotatable bonds is 2. The van der Waals surface area contributed by atoms with E-state index in [0.29, 0.717) is 11.3 Å². The first-order valence-corrected chi connectivity index (χ1v) is 6.83. The van der Waals surface area contributed by atoms with Crippen LogP contribution in [0, 0.1) is 22.7 Å². The predicted molar refractivity (Wildman–Crippen MR) is 64.4 cm³/mol. The maximum Gasteiger partial charge on any atom is 0.163 e. The quantitative estimate of drug-likeness (QED) is 0.804. The number of fused-ring (bicyclic) bond motifs is 5. The van der Waals surface area contributed by atoms with Crippen LogP contribution in [0.5, 0.6) is 0 Å². The van der Waals surface area contributed by atoms with Crippen molar-refractivity contribution in [2.45, 2.75) is 59.0 Å². The maximum absolute atomic E-state index is 9.21. The molecule has 3 heteroatoms. The Labute approximate surface area is 103 Å². The molecule has 3 aliphatic rings. The van der Waals surface area contributed by atoms with Crippen LogP contribution < -0.4 is 0 Å². The van der Waals surface area contributed by atoms with E-state index in [2.05, 4.69) is 20.8 Å². The number of hydrogen-bond acceptors (Lipinski definition) is 3. The number of ether oxygens (including phenoxy) is 2. The van der Waals surface area contributed by atoms with Crippen LogP contribution in [0.15, 0.2) is 0 Å². The van der Waals surface area contributed by atoms with Crippen molar-refractivity contribution in [3.05, 3.63) is 0 Å². The van der Waals surface area contributed by atoms with Gasteiger partial charge in [0.15, 0.2) is 6.29 Å². The Bertz CT molecular complexity index is 327. The molecular formula is C14H24O3. The van der Waals surface area contributed by atoms with Crippen molar-refractivity contribution in [1.82, 2.24) is 0 Å². The van der Waals surface area contributed by atoms with Gasteiger partial charge in [0.05, 0.1) is 18.8 Å². The Kier molecular flexibility index (Phi) is 2.43. The average Bonchev–Trinajstić information content (AvgIpc) is 2.85. The summed E-state index contributed by atoms with van der Waals surface area (Å²) in [5.41, 5.74) is 0.558. The number of aliphatic hydroxyl groups is 1. The fraction of sp³-hybridized carbons (Fsp3) is 1.00. The summed E-state index contributed by atoms with van der Waals surface area (Å²) < 4.78 is 12.2. The molecule has 0 aromatic heterocycles. The summed E-state index contributed by atoms with van der Waals surface area (Å²) in [7, 11) is 0.